The van der Waals surface area contributed by atoms with E-state index in [4.69, 9.17) is 26.1 Å². The maximum atomic E-state index is 6.72. The zero-order chi connectivity index (χ0) is 21.3. The van der Waals surface area contributed by atoms with E-state index in [1.54, 1.807) is 0 Å². The van der Waals surface area contributed by atoms with Gasteiger partial charge in [0, 0.05) is 18.0 Å². The second kappa shape index (κ2) is 9.06. The first-order valence-electron chi connectivity index (χ1n) is 10.6. The van der Waals surface area contributed by atoms with E-state index < -0.39 is 0 Å². The Kier molecular flexibility index (Phi) is 6.44. The molecule has 0 unspecified atom stereocenters. The summed E-state index contributed by atoms with van der Waals surface area (Å²) < 4.78 is 11.9. The molecule has 5 nitrogen and oxygen atoms in total. The van der Waals surface area contributed by atoms with Gasteiger partial charge in [-0.25, -0.2) is 0 Å². The Balaban J connectivity index is 1.81. The van der Waals surface area contributed by atoms with Crippen LogP contribution in [0.5, 0.6) is 11.5 Å². The first kappa shape index (κ1) is 21.3. The molecule has 1 fully saturated rings. The van der Waals surface area contributed by atoms with Crippen molar-refractivity contribution in [1.82, 2.24) is 9.88 Å². The molecule has 1 aromatic carbocycles. The number of aliphatic imine (C=N–C) groups is 1. The van der Waals surface area contributed by atoms with Gasteiger partial charge in [0.1, 0.15) is 6.04 Å². The summed E-state index contributed by atoms with van der Waals surface area (Å²) in [5, 5.41) is 1.66. The molecule has 0 aliphatic carbocycles. The van der Waals surface area contributed by atoms with Crippen LogP contribution in [-0.2, 0) is 0 Å². The summed E-state index contributed by atoms with van der Waals surface area (Å²) in [5.41, 5.74) is 2.05. The number of thioether (sulfide) groups is 1. The lowest BCUT2D eigenvalue weighted by Gasteiger charge is -2.32. The molecule has 2 aliphatic rings. The number of pyridine rings is 1. The molecule has 2 aromatic rings. The van der Waals surface area contributed by atoms with Gasteiger partial charge in [-0.3, -0.25) is 9.98 Å². The highest BCUT2D eigenvalue weighted by Gasteiger charge is 2.45. The minimum atomic E-state index is -0.0783. The van der Waals surface area contributed by atoms with Crippen LogP contribution in [0, 0.1) is 0 Å². The summed E-state index contributed by atoms with van der Waals surface area (Å²) >= 11 is 8.55. The molecule has 2 aliphatic heterocycles. The Labute approximate surface area is 187 Å². The minimum Gasteiger partial charge on any atom is -0.490 e. The largest absolute Gasteiger partial charge is 0.490 e. The van der Waals surface area contributed by atoms with E-state index in [0.29, 0.717) is 29.2 Å². The number of hydrogen-bond acceptors (Lipinski definition) is 6. The molecule has 0 amide bonds. The number of ether oxygens (including phenoxy) is 2. The highest BCUT2D eigenvalue weighted by atomic mass is 35.5. The molecule has 1 aromatic heterocycles. The molecule has 3 heterocycles. The Hall–Kier alpha value is -1.92. The summed E-state index contributed by atoms with van der Waals surface area (Å²) in [6.07, 6.45) is 2.91. The lowest BCUT2D eigenvalue weighted by atomic mass is 9.95. The predicted octanol–water partition coefficient (Wildman–Crippen LogP) is 5.90. The van der Waals surface area contributed by atoms with Crippen LogP contribution < -0.4 is 9.47 Å². The highest BCUT2D eigenvalue weighted by molar-refractivity contribution is 8.14. The summed E-state index contributed by atoms with van der Waals surface area (Å²) in [6, 6.07) is 10.5. The van der Waals surface area contributed by atoms with Gasteiger partial charge in [0.2, 0.25) is 0 Å². The summed E-state index contributed by atoms with van der Waals surface area (Å²) in [5.74, 6) is 2.34. The summed E-state index contributed by atoms with van der Waals surface area (Å²) in [4.78, 5) is 12.2. The fraction of sp³-hybridized carbons (Fsp3) is 0.478. The Morgan fingerprint density at radius 1 is 1.27 bits per heavy atom. The van der Waals surface area contributed by atoms with E-state index in [9.17, 15) is 0 Å². The SMILES string of the molecule is CCOc1cc([C@H]2[C@@H](c3ccccn3)N=C3SC[C@@H](CC)N32)cc(Cl)c1OC(C)C. The van der Waals surface area contributed by atoms with Gasteiger partial charge in [0.25, 0.3) is 0 Å². The van der Waals surface area contributed by atoms with Gasteiger partial charge in [0.15, 0.2) is 16.7 Å². The van der Waals surface area contributed by atoms with Gasteiger partial charge in [-0.15, -0.1) is 0 Å². The standard InChI is InChI=1S/C23H28ClN3O2S/c1-5-16-13-30-23-26-20(18-9-7-8-10-25-18)21(27(16)23)15-11-17(24)22(29-14(3)4)19(12-15)28-6-2/h7-12,14,16,20-21H,5-6,13H2,1-4H3/t16-,20-,21+/m1/s1. The molecule has 0 bridgehead atoms. The molecule has 0 N–H and O–H groups in total. The number of halogens is 1. The van der Waals surface area contributed by atoms with Crippen molar-refractivity contribution < 1.29 is 9.47 Å². The average Bonchev–Trinajstić information content (AvgIpc) is 3.30. The van der Waals surface area contributed by atoms with Crippen molar-refractivity contribution in [2.75, 3.05) is 12.4 Å². The molecular formula is C23H28ClN3O2S. The monoisotopic (exact) mass is 445 g/mol. The number of nitrogens with zero attached hydrogens (tertiary/aromatic N) is 3. The maximum absolute atomic E-state index is 6.72. The van der Waals surface area contributed by atoms with Crippen molar-refractivity contribution in [2.45, 2.75) is 58.3 Å². The van der Waals surface area contributed by atoms with E-state index in [0.717, 1.165) is 28.6 Å². The molecule has 0 spiro atoms. The zero-order valence-electron chi connectivity index (χ0n) is 17.8. The number of aromatic nitrogens is 1. The zero-order valence-corrected chi connectivity index (χ0v) is 19.4. The Morgan fingerprint density at radius 2 is 2.10 bits per heavy atom. The topological polar surface area (TPSA) is 47.0 Å². The van der Waals surface area contributed by atoms with Gasteiger partial charge >= 0.3 is 0 Å². The minimum absolute atomic E-state index is 0.00898. The Morgan fingerprint density at radius 3 is 2.77 bits per heavy atom. The smallest absolute Gasteiger partial charge is 0.180 e. The number of benzene rings is 1. The van der Waals surface area contributed by atoms with Crippen molar-refractivity contribution >= 4 is 28.5 Å². The first-order chi connectivity index (χ1) is 14.5. The van der Waals surface area contributed by atoms with Crippen molar-refractivity contribution in [2.24, 2.45) is 4.99 Å². The molecule has 0 saturated carbocycles. The summed E-state index contributed by atoms with van der Waals surface area (Å²) in [6.45, 7) is 8.72. The molecule has 4 rings (SSSR count). The van der Waals surface area contributed by atoms with Gasteiger partial charge in [-0.1, -0.05) is 36.4 Å². The van der Waals surface area contributed by atoms with Gasteiger partial charge in [-0.05, 0) is 57.0 Å². The van der Waals surface area contributed by atoms with Gasteiger partial charge in [-0.2, -0.15) is 0 Å². The van der Waals surface area contributed by atoms with Gasteiger partial charge < -0.3 is 14.4 Å². The normalized spacial score (nSPS) is 22.9. The van der Waals surface area contributed by atoms with E-state index in [2.05, 4.69) is 28.9 Å². The maximum Gasteiger partial charge on any atom is 0.180 e. The molecule has 1 saturated heterocycles. The van der Waals surface area contributed by atoms with Crippen molar-refractivity contribution in [3.8, 4) is 11.5 Å². The quantitative estimate of drug-likeness (QED) is 0.530. The van der Waals surface area contributed by atoms with Crippen LogP contribution in [0.15, 0.2) is 41.5 Å². The van der Waals surface area contributed by atoms with E-state index in [-0.39, 0.29) is 18.2 Å². The lowest BCUT2D eigenvalue weighted by Crippen LogP contribution is -2.35. The van der Waals surface area contributed by atoms with Crippen LogP contribution in [-0.4, -0.2) is 39.6 Å². The van der Waals surface area contributed by atoms with Crippen LogP contribution in [0.25, 0.3) is 0 Å². The highest BCUT2D eigenvalue weighted by Crippen LogP contribution is 2.50. The van der Waals surface area contributed by atoms with Crippen molar-refractivity contribution in [3.63, 3.8) is 0 Å². The number of hydrogen-bond donors (Lipinski definition) is 0. The van der Waals surface area contributed by atoms with Crippen molar-refractivity contribution in [3.05, 3.63) is 52.8 Å². The summed E-state index contributed by atoms with van der Waals surface area (Å²) in [7, 11) is 0. The second-order valence-electron chi connectivity index (χ2n) is 7.77. The van der Waals surface area contributed by atoms with E-state index >= 15 is 0 Å². The lowest BCUT2D eigenvalue weighted by molar-refractivity contribution is 0.222. The molecule has 0 radical (unpaired) electrons. The third kappa shape index (κ3) is 4.00. The third-order valence-electron chi connectivity index (χ3n) is 5.36. The third-order valence-corrected chi connectivity index (χ3v) is 6.76. The number of amidine groups is 1. The number of rotatable bonds is 7. The first-order valence-corrected chi connectivity index (χ1v) is 11.9. The van der Waals surface area contributed by atoms with Crippen LogP contribution in [0.1, 0.15) is 57.5 Å². The van der Waals surface area contributed by atoms with Crippen LogP contribution >= 0.6 is 23.4 Å². The predicted molar refractivity (Wildman–Crippen MR) is 124 cm³/mol. The molecule has 7 heteroatoms. The fourth-order valence-corrected chi connectivity index (χ4v) is 5.68. The molecule has 3 atom stereocenters. The number of fused-ring (bicyclic) bond motifs is 1. The van der Waals surface area contributed by atoms with E-state index in [1.807, 2.05) is 56.9 Å². The average molecular weight is 446 g/mol. The fourth-order valence-electron chi connectivity index (χ4n) is 4.08. The van der Waals surface area contributed by atoms with Crippen LogP contribution in [0.4, 0.5) is 0 Å². The molecule has 30 heavy (non-hydrogen) atoms. The van der Waals surface area contributed by atoms with Crippen LogP contribution in [0.2, 0.25) is 5.02 Å². The van der Waals surface area contributed by atoms with E-state index in [1.165, 1.54) is 0 Å². The van der Waals surface area contributed by atoms with Crippen molar-refractivity contribution in [1.29, 1.82) is 0 Å². The molecular weight excluding hydrogens is 418 g/mol. The Bertz CT molecular complexity index is 922. The van der Waals surface area contributed by atoms with Crippen LogP contribution in [0.3, 0.4) is 0 Å². The van der Waals surface area contributed by atoms with Gasteiger partial charge in [0.05, 0.1) is 29.5 Å². The second-order valence-corrected chi connectivity index (χ2v) is 9.16. The molecule has 160 valence electrons.